The summed E-state index contributed by atoms with van der Waals surface area (Å²) in [5.74, 6) is 1.28. The van der Waals surface area contributed by atoms with E-state index >= 15 is 0 Å². The predicted octanol–water partition coefficient (Wildman–Crippen LogP) is 3.11. The van der Waals surface area contributed by atoms with E-state index in [-0.39, 0.29) is 18.2 Å². The lowest BCUT2D eigenvalue weighted by atomic mass is 10.0. The van der Waals surface area contributed by atoms with Crippen LogP contribution in [-0.2, 0) is 18.2 Å². The second kappa shape index (κ2) is 16.6. The predicted molar refractivity (Wildman–Crippen MR) is 100 cm³/mol. The Balaban J connectivity index is 0.00000484. The summed E-state index contributed by atoms with van der Waals surface area (Å²) in [6.45, 7) is 0. The van der Waals surface area contributed by atoms with Crippen LogP contribution in [0.5, 0.6) is 0 Å². The van der Waals surface area contributed by atoms with Gasteiger partial charge in [-0.2, -0.15) is 0 Å². The molecule has 0 aliphatic rings. The smallest absolute Gasteiger partial charge is 0.123 e. The van der Waals surface area contributed by atoms with Gasteiger partial charge in [-0.25, -0.2) is 4.39 Å². The van der Waals surface area contributed by atoms with Crippen LogP contribution in [0.15, 0.2) is 24.3 Å². The summed E-state index contributed by atoms with van der Waals surface area (Å²) in [4.78, 5) is 0. The SMILES string of the molecule is C[SH+]CCCCCCCCCCCCCc1cccc(F)c1.[Cl-]. The molecule has 0 bridgehead atoms. The molecule has 1 aromatic carbocycles. The maximum atomic E-state index is 13.0. The summed E-state index contributed by atoms with van der Waals surface area (Å²) in [5, 5.41) is 0. The Morgan fingerprint density at radius 2 is 1.30 bits per heavy atom. The molecule has 0 saturated carbocycles. The van der Waals surface area contributed by atoms with E-state index < -0.39 is 0 Å². The molecule has 0 nitrogen and oxygen atoms in total. The molecule has 0 spiro atoms. The Labute approximate surface area is 153 Å². The van der Waals surface area contributed by atoms with Crippen LogP contribution >= 0.6 is 0 Å². The van der Waals surface area contributed by atoms with Gasteiger partial charge < -0.3 is 12.4 Å². The highest BCUT2D eigenvalue weighted by molar-refractivity contribution is 7.77. The molecule has 3 heteroatoms. The van der Waals surface area contributed by atoms with Crippen LogP contribution in [0.2, 0.25) is 0 Å². The van der Waals surface area contributed by atoms with Crippen molar-refractivity contribution in [3.8, 4) is 0 Å². The molecule has 134 valence electrons. The Kier molecular flexibility index (Phi) is 16.5. The molecule has 0 fully saturated rings. The summed E-state index contributed by atoms with van der Waals surface area (Å²) in [6, 6.07) is 7.03. The van der Waals surface area contributed by atoms with E-state index in [1.54, 1.807) is 17.8 Å². The minimum Gasteiger partial charge on any atom is -1.00 e. The number of thiol groups is 1. The highest BCUT2D eigenvalue weighted by Crippen LogP contribution is 2.13. The first-order valence-electron chi connectivity index (χ1n) is 9.13. The molecule has 0 unspecified atom stereocenters. The first kappa shape index (κ1) is 22.8. The van der Waals surface area contributed by atoms with Crippen molar-refractivity contribution < 1.29 is 16.8 Å². The third-order valence-electron chi connectivity index (χ3n) is 4.24. The second-order valence-electron chi connectivity index (χ2n) is 6.31. The van der Waals surface area contributed by atoms with Crippen LogP contribution in [0.1, 0.15) is 76.2 Å². The summed E-state index contributed by atoms with van der Waals surface area (Å²) < 4.78 is 13.0. The molecule has 0 saturated heterocycles. The van der Waals surface area contributed by atoms with Gasteiger partial charge in [0.1, 0.15) is 11.6 Å². The minimum atomic E-state index is -0.105. The largest absolute Gasteiger partial charge is 1.00 e. The topological polar surface area (TPSA) is 0 Å². The Bertz CT molecular complexity index is 370. The van der Waals surface area contributed by atoms with Gasteiger partial charge in [-0.1, -0.05) is 63.5 Å². The minimum absolute atomic E-state index is 0. The van der Waals surface area contributed by atoms with Gasteiger partial charge in [0.2, 0.25) is 0 Å². The number of rotatable bonds is 14. The van der Waals surface area contributed by atoms with Gasteiger partial charge in [-0.3, -0.25) is 0 Å². The lowest BCUT2D eigenvalue weighted by Crippen LogP contribution is -3.00. The summed E-state index contributed by atoms with van der Waals surface area (Å²) in [6.07, 6.45) is 18.4. The number of aryl methyl sites for hydroxylation is 1. The molecule has 0 aliphatic carbocycles. The van der Waals surface area contributed by atoms with Crippen LogP contribution < -0.4 is 12.4 Å². The molecule has 0 atom stereocenters. The first-order chi connectivity index (χ1) is 10.8. The Hall–Kier alpha value is -0.210. The second-order valence-corrected chi connectivity index (χ2v) is 7.39. The van der Waals surface area contributed by atoms with Crippen molar-refractivity contribution in [3.63, 3.8) is 0 Å². The summed E-state index contributed by atoms with van der Waals surface area (Å²) >= 11 is 1.55. The molecule has 23 heavy (non-hydrogen) atoms. The molecular formula is C20H34ClFS. The number of unbranched alkanes of at least 4 members (excludes halogenated alkanes) is 10. The zero-order chi connectivity index (χ0) is 15.9. The first-order valence-corrected chi connectivity index (χ1v) is 10.7. The van der Waals surface area contributed by atoms with Crippen LogP contribution in [0, 0.1) is 5.82 Å². The van der Waals surface area contributed by atoms with Crippen molar-refractivity contribution in [2.45, 2.75) is 77.0 Å². The highest BCUT2D eigenvalue weighted by Gasteiger charge is 1.97. The van der Waals surface area contributed by atoms with Gasteiger partial charge in [0.25, 0.3) is 0 Å². The molecule has 1 rings (SSSR count). The maximum Gasteiger partial charge on any atom is 0.123 e. The van der Waals surface area contributed by atoms with Crippen LogP contribution in [0.4, 0.5) is 4.39 Å². The third kappa shape index (κ3) is 13.9. The highest BCUT2D eigenvalue weighted by atomic mass is 35.5. The van der Waals surface area contributed by atoms with Gasteiger partial charge in [0, 0.05) is 0 Å². The zero-order valence-electron chi connectivity index (χ0n) is 14.7. The van der Waals surface area contributed by atoms with Crippen molar-refractivity contribution in [1.29, 1.82) is 0 Å². The Morgan fingerprint density at radius 3 is 1.83 bits per heavy atom. The molecule has 0 aromatic heterocycles. The van der Waals surface area contributed by atoms with E-state index in [4.69, 9.17) is 0 Å². The van der Waals surface area contributed by atoms with Crippen LogP contribution in [-0.4, -0.2) is 12.0 Å². The number of halogens is 2. The maximum absolute atomic E-state index is 13.0. The van der Waals surface area contributed by atoms with E-state index in [0.717, 1.165) is 12.0 Å². The van der Waals surface area contributed by atoms with Gasteiger partial charge in [-0.15, -0.1) is 0 Å². The van der Waals surface area contributed by atoms with Crippen LogP contribution in [0.25, 0.3) is 0 Å². The van der Waals surface area contributed by atoms with Crippen molar-refractivity contribution >= 4 is 11.8 Å². The van der Waals surface area contributed by atoms with Gasteiger partial charge in [-0.05, 0) is 55.1 Å². The number of hydrogen-bond donors (Lipinski definition) is 0. The fourth-order valence-electron chi connectivity index (χ4n) is 2.88. The Morgan fingerprint density at radius 1 is 0.783 bits per heavy atom. The van der Waals surface area contributed by atoms with E-state index in [0.29, 0.717) is 0 Å². The third-order valence-corrected chi connectivity index (χ3v) is 5.00. The standard InChI is InChI=1S/C20H33FS.ClH/c1-22-17-12-10-8-6-4-2-3-5-7-9-11-14-19-15-13-16-20(21)18-19;/h13,15-16,18H,2-12,14,17H2,1H3;1H. The lowest BCUT2D eigenvalue weighted by Gasteiger charge is -2.03. The van der Waals surface area contributed by atoms with Gasteiger partial charge >= 0.3 is 0 Å². The number of benzene rings is 1. The fraction of sp³-hybridized carbons (Fsp3) is 0.700. The molecule has 0 amide bonds. The van der Waals surface area contributed by atoms with Crippen molar-refractivity contribution in [2.75, 3.05) is 12.0 Å². The average molecular weight is 361 g/mol. The molecular weight excluding hydrogens is 327 g/mol. The van der Waals surface area contributed by atoms with Crippen LogP contribution in [0.3, 0.4) is 0 Å². The van der Waals surface area contributed by atoms with Gasteiger partial charge in [0.15, 0.2) is 0 Å². The molecule has 0 radical (unpaired) electrons. The van der Waals surface area contributed by atoms with E-state index in [1.807, 2.05) is 12.1 Å². The van der Waals surface area contributed by atoms with Gasteiger partial charge in [0.05, 0.1) is 6.26 Å². The van der Waals surface area contributed by atoms with Crippen molar-refractivity contribution in [2.24, 2.45) is 0 Å². The van der Waals surface area contributed by atoms with E-state index in [1.165, 1.54) is 82.4 Å². The average Bonchev–Trinajstić information content (AvgIpc) is 2.52. The normalized spacial score (nSPS) is 10.5. The monoisotopic (exact) mass is 360 g/mol. The van der Waals surface area contributed by atoms with E-state index in [9.17, 15) is 4.39 Å². The summed E-state index contributed by atoms with van der Waals surface area (Å²) in [7, 11) is 0. The van der Waals surface area contributed by atoms with E-state index in [2.05, 4.69) is 6.26 Å². The zero-order valence-corrected chi connectivity index (χ0v) is 16.4. The van der Waals surface area contributed by atoms with Crippen molar-refractivity contribution in [3.05, 3.63) is 35.6 Å². The quantitative estimate of drug-likeness (QED) is 0.272. The lowest BCUT2D eigenvalue weighted by molar-refractivity contribution is -0.00000533. The number of hydrogen-bond acceptors (Lipinski definition) is 0. The molecule has 1 aromatic rings. The fourth-order valence-corrected chi connectivity index (χ4v) is 3.42. The molecule has 0 N–H and O–H groups in total. The molecule has 0 aliphatic heterocycles. The molecule has 0 heterocycles. The summed E-state index contributed by atoms with van der Waals surface area (Å²) in [5.41, 5.74) is 1.14. The van der Waals surface area contributed by atoms with Crippen molar-refractivity contribution in [1.82, 2.24) is 0 Å².